The van der Waals surface area contributed by atoms with Crippen molar-refractivity contribution in [1.29, 1.82) is 0 Å². The Kier molecular flexibility index (Phi) is 5.77. The molecule has 2 aliphatic rings. The molecule has 0 unspecified atom stereocenters. The van der Waals surface area contributed by atoms with Crippen LogP contribution in [0.3, 0.4) is 0 Å². The topological polar surface area (TPSA) is 38.8 Å². The molecule has 2 aromatic rings. The fourth-order valence-electron chi connectivity index (χ4n) is 4.21. The van der Waals surface area contributed by atoms with E-state index in [4.69, 9.17) is 21.1 Å². The molecule has 1 aliphatic carbocycles. The molecule has 1 saturated heterocycles. The lowest BCUT2D eigenvalue weighted by atomic mass is 9.98. The van der Waals surface area contributed by atoms with Gasteiger partial charge in [-0.05, 0) is 55.0 Å². The van der Waals surface area contributed by atoms with Crippen LogP contribution in [0.1, 0.15) is 49.1 Å². The molecule has 148 valence electrons. The molecule has 0 aromatic heterocycles. The summed E-state index contributed by atoms with van der Waals surface area (Å²) in [7, 11) is 1.67. The molecule has 1 amide bonds. The van der Waals surface area contributed by atoms with E-state index in [1.807, 2.05) is 35.2 Å². The summed E-state index contributed by atoms with van der Waals surface area (Å²) in [5.74, 6) is 1.88. The molecule has 1 aliphatic heterocycles. The minimum atomic E-state index is 0.159. The summed E-state index contributed by atoms with van der Waals surface area (Å²) < 4.78 is 11.7. The summed E-state index contributed by atoms with van der Waals surface area (Å²) in [5, 5.41) is 0.704. The molecular weight excluding hydrogens is 374 g/mol. The van der Waals surface area contributed by atoms with Crippen LogP contribution in [0, 0.1) is 0 Å². The molecule has 0 radical (unpaired) electrons. The highest BCUT2D eigenvalue weighted by Gasteiger charge is 2.31. The van der Waals surface area contributed by atoms with E-state index in [9.17, 15) is 4.79 Å². The van der Waals surface area contributed by atoms with Crippen LogP contribution in [0.5, 0.6) is 11.5 Å². The lowest BCUT2D eigenvalue weighted by molar-refractivity contribution is -0.128. The zero-order valence-corrected chi connectivity index (χ0v) is 17.0. The first-order valence-electron chi connectivity index (χ1n) is 10.00. The van der Waals surface area contributed by atoms with Crippen LogP contribution in [0.4, 0.5) is 0 Å². The SMILES string of the molecule is COc1ccc([C@H]2CC(=O)N(Cc3ccccc3Cl)C2)cc1OC1CCCC1. The van der Waals surface area contributed by atoms with Gasteiger partial charge in [-0.15, -0.1) is 0 Å². The van der Waals surface area contributed by atoms with Gasteiger partial charge < -0.3 is 14.4 Å². The maximum Gasteiger partial charge on any atom is 0.223 e. The first-order chi connectivity index (χ1) is 13.6. The van der Waals surface area contributed by atoms with Crippen LogP contribution in [-0.2, 0) is 11.3 Å². The smallest absolute Gasteiger partial charge is 0.223 e. The number of carbonyl (C=O) groups is 1. The summed E-state index contributed by atoms with van der Waals surface area (Å²) in [6.45, 7) is 1.25. The number of methoxy groups -OCH3 is 1. The van der Waals surface area contributed by atoms with Crippen molar-refractivity contribution in [2.75, 3.05) is 13.7 Å². The molecule has 5 heteroatoms. The predicted octanol–water partition coefficient (Wildman–Crippen LogP) is 5.19. The molecule has 0 N–H and O–H groups in total. The van der Waals surface area contributed by atoms with Crippen LogP contribution in [0.15, 0.2) is 42.5 Å². The Morgan fingerprint density at radius 3 is 2.64 bits per heavy atom. The second-order valence-electron chi connectivity index (χ2n) is 7.70. The van der Waals surface area contributed by atoms with E-state index >= 15 is 0 Å². The maximum atomic E-state index is 12.6. The zero-order chi connectivity index (χ0) is 19.5. The molecule has 0 bridgehead atoms. The van der Waals surface area contributed by atoms with E-state index in [2.05, 4.69) is 12.1 Å². The van der Waals surface area contributed by atoms with Gasteiger partial charge in [-0.2, -0.15) is 0 Å². The lowest BCUT2D eigenvalue weighted by Crippen LogP contribution is -2.24. The van der Waals surface area contributed by atoms with E-state index in [0.29, 0.717) is 24.5 Å². The Hall–Kier alpha value is -2.20. The number of ether oxygens (including phenoxy) is 2. The van der Waals surface area contributed by atoms with Crippen molar-refractivity contribution in [3.05, 3.63) is 58.6 Å². The Labute approximate surface area is 171 Å². The fourth-order valence-corrected chi connectivity index (χ4v) is 4.40. The van der Waals surface area contributed by atoms with Gasteiger partial charge in [0.15, 0.2) is 11.5 Å². The number of carbonyl (C=O) groups excluding carboxylic acids is 1. The van der Waals surface area contributed by atoms with Crippen molar-refractivity contribution in [2.24, 2.45) is 0 Å². The Balaban J connectivity index is 1.49. The number of benzene rings is 2. The van der Waals surface area contributed by atoms with Crippen LogP contribution >= 0.6 is 11.6 Å². The van der Waals surface area contributed by atoms with Crippen molar-refractivity contribution in [3.8, 4) is 11.5 Å². The third kappa shape index (κ3) is 4.12. The highest BCUT2D eigenvalue weighted by Crippen LogP contribution is 2.37. The summed E-state index contributed by atoms with van der Waals surface area (Å²) in [5.41, 5.74) is 2.11. The van der Waals surface area contributed by atoms with Gasteiger partial charge in [0, 0.05) is 30.5 Å². The van der Waals surface area contributed by atoms with Crippen molar-refractivity contribution in [1.82, 2.24) is 4.90 Å². The summed E-state index contributed by atoms with van der Waals surface area (Å²) in [4.78, 5) is 14.5. The summed E-state index contributed by atoms with van der Waals surface area (Å²) in [6, 6.07) is 13.8. The Morgan fingerprint density at radius 2 is 1.89 bits per heavy atom. The van der Waals surface area contributed by atoms with Gasteiger partial charge in [-0.3, -0.25) is 4.79 Å². The van der Waals surface area contributed by atoms with Gasteiger partial charge in [0.05, 0.1) is 13.2 Å². The van der Waals surface area contributed by atoms with Gasteiger partial charge in [0.25, 0.3) is 0 Å². The average molecular weight is 400 g/mol. The number of hydrogen-bond acceptors (Lipinski definition) is 3. The molecule has 4 rings (SSSR count). The molecule has 2 aromatic carbocycles. The third-order valence-corrected chi connectivity index (χ3v) is 6.16. The van der Waals surface area contributed by atoms with Crippen molar-refractivity contribution < 1.29 is 14.3 Å². The second-order valence-corrected chi connectivity index (χ2v) is 8.11. The number of rotatable bonds is 6. The van der Waals surface area contributed by atoms with Gasteiger partial charge in [-0.1, -0.05) is 35.9 Å². The van der Waals surface area contributed by atoms with Crippen LogP contribution in [-0.4, -0.2) is 30.6 Å². The molecule has 1 saturated carbocycles. The number of likely N-dealkylation sites (tertiary alicyclic amines) is 1. The van der Waals surface area contributed by atoms with Crippen molar-refractivity contribution in [2.45, 2.75) is 50.7 Å². The number of hydrogen-bond donors (Lipinski definition) is 0. The van der Waals surface area contributed by atoms with Crippen LogP contribution < -0.4 is 9.47 Å². The Bertz CT molecular complexity index is 847. The number of nitrogens with zero attached hydrogens (tertiary/aromatic N) is 1. The molecule has 1 atom stereocenters. The minimum absolute atomic E-state index is 0.159. The van der Waals surface area contributed by atoms with Crippen LogP contribution in [0.25, 0.3) is 0 Å². The third-order valence-electron chi connectivity index (χ3n) is 5.79. The molecule has 28 heavy (non-hydrogen) atoms. The van der Waals surface area contributed by atoms with E-state index in [-0.39, 0.29) is 17.9 Å². The molecule has 1 heterocycles. The molecule has 4 nitrogen and oxygen atoms in total. The molecule has 0 spiro atoms. The highest BCUT2D eigenvalue weighted by molar-refractivity contribution is 6.31. The first-order valence-corrected chi connectivity index (χ1v) is 10.4. The van der Waals surface area contributed by atoms with E-state index < -0.39 is 0 Å². The minimum Gasteiger partial charge on any atom is -0.493 e. The average Bonchev–Trinajstić information content (AvgIpc) is 3.34. The molecular formula is C23H26ClNO3. The highest BCUT2D eigenvalue weighted by atomic mass is 35.5. The standard InChI is InChI=1S/C23H26ClNO3/c1-27-21-11-10-16(12-22(21)28-19-7-3-4-8-19)18-13-23(26)25(15-18)14-17-6-2-5-9-20(17)24/h2,5-6,9-12,18-19H,3-4,7-8,13-15H2,1H3/t18-/m0/s1. The van der Waals surface area contributed by atoms with Gasteiger partial charge in [-0.25, -0.2) is 0 Å². The van der Waals surface area contributed by atoms with Crippen LogP contribution in [0.2, 0.25) is 5.02 Å². The summed E-state index contributed by atoms with van der Waals surface area (Å²) >= 11 is 6.27. The summed E-state index contributed by atoms with van der Waals surface area (Å²) in [6.07, 6.45) is 5.43. The van der Waals surface area contributed by atoms with Gasteiger partial charge >= 0.3 is 0 Å². The normalized spacial score (nSPS) is 20.0. The molecule has 2 fully saturated rings. The lowest BCUT2D eigenvalue weighted by Gasteiger charge is -2.19. The van der Waals surface area contributed by atoms with Gasteiger partial charge in [0.2, 0.25) is 5.91 Å². The zero-order valence-electron chi connectivity index (χ0n) is 16.2. The van der Waals surface area contributed by atoms with Crippen molar-refractivity contribution in [3.63, 3.8) is 0 Å². The predicted molar refractivity (Wildman–Crippen MR) is 110 cm³/mol. The number of halogens is 1. The van der Waals surface area contributed by atoms with E-state index in [1.165, 1.54) is 12.8 Å². The first kappa shape index (κ1) is 19.1. The largest absolute Gasteiger partial charge is 0.493 e. The maximum absolute atomic E-state index is 12.6. The van der Waals surface area contributed by atoms with E-state index in [1.54, 1.807) is 7.11 Å². The van der Waals surface area contributed by atoms with Crippen molar-refractivity contribution >= 4 is 17.5 Å². The Morgan fingerprint density at radius 1 is 1.11 bits per heavy atom. The fraction of sp³-hybridized carbons (Fsp3) is 0.435. The monoisotopic (exact) mass is 399 g/mol. The second kappa shape index (κ2) is 8.44. The van der Waals surface area contributed by atoms with E-state index in [0.717, 1.165) is 35.5 Å². The van der Waals surface area contributed by atoms with Gasteiger partial charge in [0.1, 0.15) is 0 Å². The number of amides is 1. The quantitative estimate of drug-likeness (QED) is 0.671.